The number of aromatic nitrogens is 1. The summed E-state index contributed by atoms with van der Waals surface area (Å²) < 4.78 is 49.0. The molecule has 2 aromatic rings. The normalized spacial score (nSPS) is 20.3. The molecular formula is C19H17Cl2F2N2O4S+. The summed E-state index contributed by atoms with van der Waals surface area (Å²) in [5.41, 5.74) is 0.0461. The second-order valence-electron chi connectivity index (χ2n) is 7.07. The van der Waals surface area contributed by atoms with E-state index in [9.17, 15) is 27.4 Å². The average Bonchev–Trinajstić information content (AvgIpc) is 2.67. The summed E-state index contributed by atoms with van der Waals surface area (Å²) in [5, 5.41) is 10.4. The van der Waals surface area contributed by atoms with E-state index in [1.54, 1.807) is 12.1 Å². The van der Waals surface area contributed by atoms with E-state index in [0.717, 1.165) is 7.05 Å². The van der Waals surface area contributed by atoms with Crippen molar-refractivity contribution in [1.29, 1.82) is 0 Å². The van der Waals surface area contributed by atoms with Crippen LogP contribution in [0.25, 0.3) is 10.7 Å². The summed E-state index contributed by atoms with van der Waals surface area (Å²) in [7, 11) is -2.92. The zero-order chi connectivity index (χ0) is 22.6. The minimum Gasteiger partial charge on any atom is -0.502 e. The van der Waals surface area contributed by atoms with Gasteiger partial charge in [-0.3, -0.25) is 9.78 Å². The Morgan fingerprint density at radius 2 is 1.90 bits per heavy atom. The van der Waals surface area contributed by atoms with Crippen molar-refractivity contribution in [2.45, 2.75) is 25.0 Å². The summed E-state index contributed by atoms with van der Waals surface area (Å²) >= 11 is 12.5. The molecule has 0 fully saturated rings. The maximum Gasteiger partial charge on any atom is 0.316 e. The molecule has 1 aliphatic rings. The molecule has 2 heterocycles. The van der Waals surface area contributed by atoms with Crippen molar-refractivity contribution >= 4 is 55.7 Å². The van der Waals surface area contributed by atoms with Gasteiger partial charge in [-0.25, -0.2) is 0 Å². The van der Waals surface area contributed by atoms with Crippen molar-refractivity contribution in [3.05, 3.63) is 57.3 Å². The summed E-state index contributed by atoms with van der Waals surface area (Å²) in [6, 6.07) is 5.67. The highest BCUT2D eigenvalue weighted by atomic mass is 35.5. The minimum atomic E-state index is -3.97. The molecule has 0 aliphatic carbocycles. The van der Waals surface area contributed by atoms with Gasteiger partial charge in [0.1, 0.15) is 5.69 Å². The molecule has 6 nitrogen and oxygen atoms in total. The Kier molecular flexibility index (Phi) is 5.70. The highest BCUT2D eigenvalue weighted by molar-refractivity contribution is 8.07. The lowest BCUT2D eigenvalue weighted by Crippen LogP contribution is -2.39. The number of hydrogen-bond acceptors (Lipinski definition) is 4. The number of halogens is 4. The quantitative estimate of drug-likeness (QED) is 0.591. The Hall–Kier alpha value is -2.07. The number of alkyl halides is 2. The first-order chi connectivity index (χ1) is 13.8. The topological polar surface area (TPSA) is 90.7 Å². The largest absolute Gasteiger partial charge is 0.502 e. The number of aliphatic hydroxyl groups excluding tert-OH is 1. The number of nitrogens with zero attached hydrogens (tertiary/aromatic N) is 2. The van der Waals surface area contributed by atoms with Crippen LogP contribution in [0.15, 0.2) is 30.5 Å². The van der Waals surface area contributed by atoms with Gasteiger partial charge < -0.3 is 10.0 Å². The van der Waals surface area contributed by atoms with Crippen LogP contribution in [0.3, 0.4) is 0 Å². The lowest BCUT2D eigenvalue weighted by molar-refractivity contribution is -0.128. The molecule has 0 spiro atoms. The van der Waals surface area contributed by atoms with Gasteiger partial charge in [0.2, 0.25) is 10.7 Å². The number of pyridine rings is 1. The van der Waals surface area contributed by atoms with Crippen LogP contribution in [0.1, 0.15) is 30.7 Å². The van der Waals surface area contributed by atoms with Gasteiger partial charge >= 0.3 is 6.43 Å². The van der Waals surface area contributed by atoms with Crippen LogP contribution in [0.2, 0.25) is 10.0 Å². The van der Waals surface area contributed by atoms with Gasteiger partial charge in [0.05, 0.1) is 21.3 Å². The van der Waals surface area contributed by atoms with Gasteiger partial charge in [0, 0.05) is 18.8 Å². The van der Waals surface area contributed by atoms with Crippen molar-refractivity contribution in [2.75, 3.05) is 11.9 Å². The predicted molar refractivity (Wildman–Crippen MR) is 113 cm³/mol. The van der Waals surface area contributed by atoms with E-state index in [-0.39, 0.29) is 27.0 Å². The second kappa shape index (κ2) is 7.56. The number of fused-ring (bicyclic) bond motifs is 1. The van der Waals surface area contributed by atoms with Crippen molar-refractivity contribution in [2.24, 2.45) is 0 Å². The SMILES string of the molecule is CN(C(=O)C(F)F)c1c(Cl)ccc(C2=C(O)c3ncccc3C(C)(C)[S+]2(=O)O)c1Cl. The van der Waals surface area contributed by atoms with E-state index in [4.69, 9.17) is 23.2 Å². The summed E-state index contributed by atoms with van der Waals surface area (Å²) in [5.74, 6) is -2.13. The number of carbonyl (C=O) groups is 1. The molecule has 2 N–H and O–H groups in total. The van der Waals surface area contributed by atoms with Crippen molar-refractivity contribution in [3.8, 4) is 0 Å². The first-order valence-electron chi connectivity index (χ1n) is 8.53. The first kappa shape index (κ1) is 22.6. The number of benzene rings is 1. The molecular weight excluding hydrogens is 461 g/mol. The fourth-order valence-corrected chi connectivity index (χ4v) is 5.85. The third-order valence-electron chi connectivity index (χ3n) is 5.03. The Morgan fingerprint density at radius 3 is 2.50 bits per heavy atom. The number of amides is 1. The number of rotatable bonds is 3. The van der Waals surface area contributed by atoms with Crippen molar-refractivity contribution < 1.29 is 27.4 Å². The Labute approximate surface area is 182 Å². The Balaban J connectivity index is 2.34. The maximum atomic E-state index is 13.5. The highest BCUT2D eigenvalue weighted by Gasteiger charge is 2.58. The van der Waals surface area contributed by atoms with Crippen LogP contribution < -0.4 is 4.90 Å². The van der Waals surface area contributed by atoms with Crippen LogP contribution in [-0.2, 0) is 24.0 Å². The minimum absolute atomic E-state index is 0.0927. The molecule has 1 aromatic carbocycles. The molecule has 11 heteroatoms. The third kappa shape index (κ3) is 3.20. The summed E-state index contributed by atoms with van der Waals surface area (Å²) in [6.07, 6.45) is -1.90. The summed E-state index contributed by atoms with van der Waals surface area (Å²) in [4.78, 5) is 16.0. The van der Waals surface area contributed by atoms with Gasteiger partial charge in [0.25, 0.3) is 16.1 Å². The van der Waals surface area contributed by atoms with Gasteiger partial charge in [-0.1, -0.05) is 27.4 Å². The molecule has 1 aliphatic heterocycles. The monoisotopic (exact) mass is 477 g/mol. The van der Waals surface area contributed by atoms with E-state index < -0.39 is 38.0 Å². The van der Waals surface area contributed by atoms with Crippen molar-refractivity contribution in [3.63, 3.8) is 0 Å². The van der Waals surface area contributed by atoms with E-state index in [1.165, 1.54) is 32.2 Å². The molecule has 1 unspecified atom stereocenters. The number of anilines is 1. The molecule has 1 aromatic heterocycles. The smallest absolute Gasteiger partial charge is 0.316 e. The van der Waals surface area contributed by atoms with Crippen LogP contribution in [0.4, 0.5) is 14.5 Å². The van der Waals surface area contributed by atoms with E-state index in [2.05, 4.69) is 4.98 Å². The molecule has 160 valence electrons. The van der Waals surface area contributed by atoms with Crippen LogP contribution in [0, 0.1) is 0 Å². The van der Waals surface area contributed by atoms with Gasteiger partial charge in [-0.05, 0) is 38.1 Å². The number of carbonyl (C=O) groups excluding carboxylic acids is 1. The number of aliphatic hydroxyl groups is 1. The fraction of sp³-hybridized carbons (Fsp3) is 0.263. The second-order valence-corrected chi connectivity index (χ2v) is 10.3. The molecule has 3 rings (SSSR count). The van der Waals surface area contributed by atoms with Gasteiger partial charge in [0.15, 0.2) is 4.75 Å². The number of hydrogen-bond donors (Lipinski definition) is 2. The third-order valence-corrected chi connectivity index (χ3v) is 8.29. The summed E-state index contributed by atoms with van der Waals surface area (Å²) in [6.45, 7) is 3.03. The van der Waals surface area contributed by atoms with Crippen LogP contribution >= 0.6 is 23.2 Å². The zero-order valence-electron chi connectivity index (χ0n) is 16.0. The predicted octanol–water partition coefficient (Wildman–Crippen LogP) is 5.22. The Bertz CT molecular complexity index is 1140. The standard InChI is InChI=1S/C19H16Cl2F2N2O4S/c1-19(2)10-5-4-8-24-13(10)15(26)16(30(19,28)29)9-6-7-11(20)14(12(9)21)25(3)18(27)17(22)23/h4-8,17H,1-3H3,(H-,26,28,29)/p+1. The van der Waals surface area contributed by atoms with E-state index in [1.807, 2.05) is 0 Å². The fourth-order valence-electron chi connectivity index (χ4n) is 3.28. The van der Waals surface area contributed by atoms with E-state index >= 15 is 0 Å². The average molecular weight is 478 g/mol. The molecule has 1 amide bonds. The zero-order valence-corrected chi connectivity index (χ0v) is 18.3. The van der Waals surface area contributed by atoms with E-state index in [0.29, 0.717) is 10.5 Å². The lowest BCUT2D eigenvalue weighted by Gasteiger charge is -2.31. The van der Waals surface area contributed by atoms with Gasteiger partial charge in [-0.15, -0.1) is 0 Å². The van der Waals surface area contributed by atoms with Crippen LogP contribution in [0.5, 0.6) is 0 Å². The lowest BCUT2D eigenvalue weighted by atomic mass is 9.98. The molecule has 0 radical (unpaired) electrons. The van der Waals surface area contributed by atoms with Crippen molar-refractivity contribution in [1.82, 2.24) is 4.98 Å². The molecule has 0 saturated carbocycles. The van der Waals surface area contributed by atoms with Gasteiger partial charge in [-0.2, -0.15) is 13.3 Å². The first-order valence-corrected chi connectivity index (χ1v) is 10.8. The molecule has 0 bridgehead atoms. The molecule has 1 atom stereocenters. The van der Waals surface area contributed by atoms with Crippen LogP contribution in [-0.4, -0.2) is 34.0 Å². The maximum absolute atomic E-state index is 13.5. The molecule has 30 heavy (non-hydrogen) atoms. The highest BCUT2D eigenvalue weighted by Crippen LogP contribution is 2.53. The molecule has 0 saturated heterocycles. The Morgan fingerprint density at radius 1 is 1.27 bits per heavy atom.